The van der Waals surface area contributed by atoms with Crippen molar-refractivity contribution in [3.63, 3.8) is 0 Å². The van der Waals surface area contributed by atoms with Crippen LogP contribution >= 0.6 is 0 Å². The van der Waals surface area contributed by atoms with Crippen LogP contribution < -0.4 is 5.73 Å². The number of ketones is 1. The molecule has 6 nitrogen and oxygen atoms in total. The van der Waals surface area contributed by atoms with Gasteiger partial charge in [-0.25, -0.2) is 0 Å². The van der Waals surface area contributed by atoms with E-state index in [-0.39, 0.29) is 42.2 Å². The summed E-state index contributed by atoms with van der Waals surface area (Å²) >= 11 is 0. The van der Waals surface area contributed by atoms with Crippen LogP contribution in [0.4, 0.5) is 0 Å². The number of hydrogen-bond acceptors (Lipinski definition) is 5. The standard InChI is InChI=1S/C15H19NO5/c1-8(12(16)19)4-10(18)6-15-9-2-3-14(7-17,11(15)5-9)21-13(15)20/h4,9,11,17H,2-3,5-7H2,1H3,(H2,16,19)/b8-4+/t9-,11+,14-,15-/m0/s1. The highest BCUT2D eigenvalue weighted by Gasteiger charge is 2.76. The van der Waals surface area contributed by atoms with Crippen molar-refractivity contribution in [1.29, 1.82) is 0 Å². The summed E-state index contributed by atoms with van der Waals surface area (Å²) in [5, 5.41) is 9.61. The Bertz CT molecular complexity index is 566. The van der Waals surface area contributed by atoms with E-state index in [4.69, 9.17) is 10.5 Å². The van der Waals surface area contributed by atoms with E-state index in [0.29, 0.717) is 6.42 Å². The van der Waals surface area contributed by atoms with E-state index in [0.717, 1.165) is 12.8 Å². The number of hydrogen-bond donors (Lipinski definition) is 2. The zero-order valence-corrected chi connectivity index (χ0v) is 11.9. The molecule has 6 heteroatoms. The minimum Gasteiger partial charge on any atom is -0.456 e. The van der Waals surface area contributed by atoms with Crippen molar-refractivity contribution in [3.05, 3.63) is 11.6 Å². The van der Waals surface area contributed by atoms with E-state index in [1.807, 2.05) is 0 Å². The fraction of sp³-hybridized carbons (Fsp3) is 0.667. The topological polar surface area (TPSA) is 107 Å². The first-order valence-corrected chi connectivity index (χ1v) is 7.21. The van der Waals surface area contributed by atoms with Gasteiger partial charge < -0.3 is 15.6 Å². The van der Waals surface area contributed by atoms with Gasteiger partial charge in [0.2, 0.25) is 5.91 Å². The third-order valence-electron chi connectivity index (χ3n) is 5.60. The van der Waals surface area contributed by atoms with Gasteiger partial charge in [0.15, 0.2) is 5.78 Å². The number of carbonyl (C=O) groups is 3. The van der Waals surface area contributed by atoms with Crippen molar-refractivity contribution < 1.29 is 24.2 Å². The summed E-state index contributed by atoms with van der Waals surface area (Å²) in [5.74, 6) is -1.24. The number of fused-ring (bicyclic) bond motifs is 1. The summed E-state index contributed by atoms with van der Waals surface area (Å²) in [7, 11) is 0. The van der Waals surface area contributed by atoms with Crippen LogP contribution in [-0.4, -0.2) is 35.0 Å². The van der Waals surface area contributed by atoms with Gasteiger partial charge in [-0.2, -0.15) is 0 Å². The summed E-state index contributed by atoms with van der Waals surface area (Å²) in [6, 6.07) is 0. The average Bonchev–Trinajstić information content (AvgIpc) is 2.54. The number of carbonyl (C=O) groups excluding carboxylic acids is 3. The average molecular weight is 293 g/mol. The molecule has 1 heterocycles. The second-order valence-electron chi connectivity index (χ2n) is 6.51. The molecule has 1 saturated heterocycles. The smallest absolute Gasteiger partial charge is 0.313 e. The maximum absolute atomic E-state index is 12.3. The predicted octanol–water partition coefficient (Wildman–Crippen LogP) is 0.0814. The fourth-order valence-electron chi connectivity index (χ4n) is 4.41. The first-order valence-electron chi connectivity index (χ1n) is 7.21. The van der Waals surface area contributed by atoms with Crippen LogP contribution in [0.15, 0.2) is 11.6 Å². The molecule has 4 rings (SSSR count). The molecule has 4 atom stereocenters. The summed E-state index contributed by atoms with van der Waals surface area (Å²) in [5.41, 5.74) is 3.70. The summed E-state index contributed by atoms with van der Waals surface area (Å²) < 4.78 is 5.48. The largest absolute Gasteiger partial charge is 0.456 e. The second-order valence-corrected chi connectivity index (χ2v) is 6.51. The molecule has 21 heavy (non-hydrogen) atoms. The number of amides is 1. The molecule has 0 unspecified atom stereocenters. The molecule has 4 bridgehead atoms. The lowest BCUT2D eigenvalue weighted by molar-refractivity contribution is -0.157. The molecule has 3 aliphatic carbocycles. The third-order valence-corrected chi connectivity index (χ3v) is 5.60. The molecule has 0 spiro atoms. The van der Waals surface area contributed by atoms with Gasteiger partial charge in [0.05, 0.1) is 12.0 Å². The lowest BCUT2D eigenvalue weighted by Gasteiger charge is -2.56. The van der Waals surface area contributed by atoms with Gasteiger partial charge >= 0.3 is 5.97 Å². The zero-order valence-electron chi connectivity index (χ0n) is 11.9. The Kier molecular flexibility index (Phi) is 2.99. The molecule has 0 aromatic heterocycles. The second kappa shape index (κ2) is 4.40. The van der Waals surface area contributed by atoms with Crippen molar-refractivity contribution in [2.75, 3.05) is 6.61 Å². The van der Waals surface area contributed by atoms with Crippen LogP contribution in [0.2, 0.25) is 0 Å². The Balaban J connectivity index is 1.86. The van der Waals surface area contributed by atoms with Crippen molar-refractivity contribution in [1.82, 2.24) is 0 Å². The number of esters is 1. The van der Waals surface area contributed by atoms with Crippen LogP contribution in [-0.2, 0) is 19.1 Å². The SMILES string of the molecule is C/C(=C\C(=O)C[C@]12C(=O)O[C@]3(CO)CC[C@H]1C[C@H]32)C(N)=O. The lowest BCUT2D eigenvalue weighted by atomic mass is 9.43. The number of aliphatic hydroxyl groups is 1. The van der Waals surface area contributed by atoms with Crippen LogP contribution in [0.25, 0.3) is 0 Å². The Labute approximate surface area is 122 Å². The van der Waals surface area contributed by atoms with Crippen molar-refractivity contribution >= 4 is 17.7 Å². The quantitative estimate of drug-likeness (QED) is 0.551. The van der Waals surface area contributed by atoms with Crippen LogP contribution in [0, 0.1) is 17.3 Å². The Hall–Kier alpha value is -1.69. The molecule has 114 valence electrons. The fourth-order valence-corrected chi connectivity index (χ4v) is 4.41. The molecule has 0 aromatic carbocycles. The summed E-state index contributed by atoms with van der Waals surface area (Å²) in [4.78, 5) is 35.5. The van der Waals surface area contributed by atoms with E-state index >= 15 is 0 Å². The van der Waals surface area contributed by atoms with Gasteiger partial charge in [-0.05, 0) is 38.2 Å². The normalized spacial score (nSPS) is 40.5. The van der Waals surface area contributed by atoms with Crippen LogP contribution in [0.3, 0.4) is 0 Å². The zero-order chi connectivity index (χ0) is 15.4. The number of allylic oxidation sites excluding steroid dienone is 1. The molecule has 3 saturated carbocycles. The minimum atomic E-state index is -0.799. The number of aliphatic hydroxyl groups excluding tert-OH is 1. The number of rotatable bonds is 5. The molecular formula is C15H19NO5. The van der Waals surface area contributed by atoms with Crippen molar-refractivity contribution in [3.8, 4) is 0 Å². The van der Waals surface area contributed by atoms with E-state index in [2.05, 4.69) is 0 Å². The molecule has 0 radical (unpaired) electrons. The molecule has 4 fully saturated rings. The molecule has 0 aromatic rings. The monoisotopic (exact) mass is 293 g/mol. The number of ether oxygens (including phenoxy) is 1. The highest BCUT2D eigenvalue weighted by Crippen LogP contribution is 2.70. The molecule has 1 aliphatic heterocycles. The lowest BCUT2D eigenvalue weighted by Crippen LogP contribution is -2.61. The Morgan fingerprint density at radius 3 is 2.81 bits per heavy atom. The van der Waals surface area contributed by atoms with Crippen molar-refractivity contribution in [2.24, 2.45) is 23.0 Å². The van der Waals surface area contributed by atoms with E-state index < -0.39 is 16.9 Å². The maximum atomic E-state index is 12.3. The van der Waals surface area contributed by atoms with E-state index in [1.54, 1.807) is 0 Å². The Morgan fingerprint density at radius 2 is 2.24 bits per heavy atom. The van der Waals surface area contributed by atoms with E-state index in [1.165, 1.54) is 13.0 Å². The first kappa shape index (κ1) is 14.3. The van der Waals surface area contributed by atoms with Gasteiger partial charge in [-0.15, -0.1) is 0 Å². The van der Waals surface area contributed by atoms with Crippen LogP contribution in [0.5, 0.6) is 0 Å². The third kappa shape index (κ3) is 1.71. The maximum Gasteiger partial charge on any atom is 0.313 e. The van der Waals surface area contributed by atoms with Gasteiger partial charge in [0, 0.05) is 17.9 Å². The minimum absolute atomic E-state index is 0.0353. The first-order chi connectivity index (χ1) is 9.85. The Morgan fingerprint density at radius 1 is 1.52 bits per heavy atom. The molecular weight excluding hydrogens is 274 g/mol. The van der Waals surface area contributed by atoms with Crippen LogP contribution in [0.1, 0.15) is 32.6 Å². The van der Waals surface area contributed by atoms with Gasteiger partial charge in [-0.1, -0.05) is 0 Å². The molecule has 4 aliphatic rings. The van der Waals surface area contributed by atoms with Gasteiger partial charge in [-0.3, -0.25) is 14.4 Å². The van der Waals surface area contributed by atoms with Crippen molar-refractivity contribution in [2.45, 2.75) is 38.2 Å². The predicted molar refractivity (Wildman–Crippen MR) is 71.7 cm³/mol. The number of primary amides is 1. The van der Waals surface area contributed by atoms with E-state index in [9.17, 15) is 19.5 Å². The molecule has 3 N–H and O–H groups in total. The highest BCUT2D eigenvalue weighted by molar-refractivity contribution is 6.02. The van der Waals surface area contributed by atoms with Gasteiger partial charge in [0.1, 0.15) is 5.60 Å². The highest BCUT2D eigenvalue weighted by atomic mass is 16.6. The van der Waals surface area contributed by atoms with Gasteiger partial charge in [0.25, 0.3) is 0 Å². The summed E-state index contributed by atoms with van der Waals surface area (Å²) in [6.07, 6.45) is 3.51. The number of nitrogens with two attached hydrogens (primary N) is 1. The summed E-state index contributed by atoms with van der Waals surface area (Å²) in [6.45, 7) is 1.28. The molecule has 1 amide bonds.